The molecule has 2 aliphatic rings. The van der Waals surface area contributed by atoms with Crippen molar-refractivity contribution in [2.24, 2.45) is 11.8 Å². The lowest BCUT2D eigenvalue weighted by molar-refractivity contribution is -0.142. The van der Waals surface area contributed by atoms with Crippen LogP contribution >= 0.6 is 23.2 Å². The maximum Gasteiger partial charge on any atom is 0.326 e. The standard InChI is InChI=1S/C13H11Cl2NO3/c14-7-1-2-8(10(15)4-7)12(17)16-5-6-3-9(6)11(16)13(18)19/h1-2,4,6,9,11H,3,5H2,(H,18,19)/t6-,9-,11+/m1/s1. The van der Waals surface area contributed by atoms with E-state index in [9.17, 15) is 14.7 Å². The van der Waals surface area contributed by atoms with Crippen molar-refractivity contribution in [2.75, 3.05) is 6.54 Å². The molecule has 0 unspecified atom stereocenters. The highest BCUT2D eigenvalue weighted by Crippen LogP contribution is 2.50. The van der Waals surface area contributed by atoms with Crippen molar-refractivity contribution >= 4 is 35.1 Å². The number of piperidine rings is 1. The number of aliphatic carboxylic acids is 1. The van der Waals surface area contributed by atoms with Crippen LogP contribution in [0.2, 0.25) is 10.0 Å². The number of amides is 1. The quantitative estimate of drug-likeness (QED) is 0.913. The molecule has 19 heavy (non-hydrogen) atoms. The number of hydrogen-bond acceptors (Lipinski definition) is 2. The second-order valence-corrected chi connectivity index (χ2v) is 5.87. The van der Waals surface area contributed by atoms with Crippen molar-refractivity contribution in [3.63, 3.8) is 0 Å². The molecule has 1 amide bonds. The van der Waals surface area contributed by atoms with Gasteiger partial charge in [0.15, 0.2) is 0 Å². The molecule has 1 N–H and O–H groups in total. The van der Waals surface area contributed by atoms with Gasteiger partial charge in [0.25, 0.3) is 5.91 Å². The van der Waals surface area contributed by atoms with Gasteiger partial charge in [0, 0.05) is 11.6 Å². The van der Waals surface area contributed by atoms with E-state index in [2.05, 4.69) is 0 Å². The minimum absolute atomic E-state index is 0.104. The molecule has 1 saturated heterocycles. The van der Waals surface area contributed by atoms with Crippen LogP contribution in [0.15, 0.2) is 18.2 Å². The highest BCUT2D eigenvalue weighted by Gasteiger charge is 2.57. The largest absolute Gasteiger partial charge is 0.480 e. The van der Waals surface area contributed by atoms with Gasteiger partial charge in [0.2, 0.25) is 0 Å². The molecule has 0 aromatic heterocycles. The molecule has 1 aromatic rings. The summed E-state index contributed by atoms with van der Waals surface area (Å²) in [6, 6.07) is 3.88. The molecule has 1 aliphatic heterocycles. The number of carboxylic acids is 1. The molecule has 1 aromatic carbocycles. The van der Waals surface area contributed by atoms with Crippen molar-refractivity contribution in [1.29, 1.82) is 0 Å². The maximum absolute atomic E-state index is 12.4. The molecule has 1 aliphatic carbocycles. The summed E-state index contributed by atoms with van der Waals surface area (Å²) in [4.78, 5) is 25.1. The SMILES string of the molecule is O=C(O)[C@@H]1[C@@H]2C[C@@H]2CN1C(=O)c1ccc(Cl)cc1Cl. The Morgan fingerprint density at radius 2 is 2.05 bits per heavy atom. The molecule has 3 rings (SSSR count). The van der Waals surface area contributed by atoms with Gasteiger partial charge in [-0.3, -0.25) is 4.79 Å². The van der Waals surface area contributed by atoms with Crippen molar-refractivity contribution in [3.05, 3.63) is 33.8 Å². The van der Waals surface area contributed by atoms with Gasteiger partial charge in [-0.15, -0.1) is 0 Å². The second-order valence-electron chi connectivity index (χ2n) is 5.02. The van der Waals surface area contributed by atoms with Crippen LogP contribution in [-0.2, 0) is 4.79 Å². The van der Waals surface area contributed by atoms with Gasteiger partial charge in [0.1, 0.15) is 6.04 Å². The summed E-state index contributed by atoms with van der Waals surface area (Å²) >= 11 is 11.8. The highest BCUT2D eigenvalue weighted by atomic mass is 35.5. The molecule has 1 saturated carbocycles. The molecule has 1 heterocycles. The van der Waals surface area contributed by atoms with E-state index in [1.54, 1.807) is 6.07 Å². The molecule has 2 fully saturated rings. The van der Waals surface area contributed by atoms with Gasteiger partial charge >= 0.3 is 5.97 Å². The zero-order valence-electron chi connectivity index (χ0n) is 9.85. The minimum Gasteiger partial charge on any atom is -0.480 e. The van der Waals surface area contributed by atoms with E-state index in [4.69, 9.17) is 23.2 Å². The molecule has 0 spiro atoms. The highest BCUT2D eigenvalue weighted by molar-refractivity contribution is 6.36. The molecule has 6 heteroatoms. The van der Waals surface area contributed by atoms with Crippen LogP contribution in [0.3, 0.4) is 0 Å². The number of fused-ring (bicyclic) bond motifs is 1. The Bertz CT molecular complexity index is 575. The Hall–Kier alpha value is -1.26. The normalized spacial score (nSPS) is 28.1. The molecule has 0 radical (unpaired) electrons. The minimum atomic E-state index is -0.941. The van der Waals surface area contributed by atoms with Crippen LogP contribution in [0.5, 0.6) is 0 Å². The lowest BCUT2D eigenvalue weighted by Crippen LogP contribution is -2.43. The predicted octanol–water partition coefficient (Wildman–Crippen LogP) is 2.54. The Morgan fingerprint density at radius 1 is 1.32 bits per heavy atom. The number of benzene rings is 1. The Balaban J connectivity index is 1.89. The summed E-state index contributed by atoms with van der Waals surface area (Å²) in [7, 11) is 0. The number of nitrogens with zero attached hydrogens (tertiary/aromatic N) is 1. The van der Waals surface area contributed by atoms with E-state index >= 15 is 0 Å². The zero-order valence-corrected chi connectivity index (χ0v) is 11.4. The van der Waals surface area contributed by atoms with E-state index in [0.29, 0.717) is 23.0 Å². The molecule has 0 bridgehead atoms. The second kappa shape index (κ2) is 4.39. The van der Waals surface area contributed by atoms with Crippen LogP contribution < -0.4 is 0 Å². The fraction of sp³-hybridized carbons (Fsp3) is 0.385. The van der Waals surface area contributed by atoms with Gasteiger partial charge in [-0.2, -0.15) is 0 Å². The van der Waals surface area contributed by atoms with Crippen LogP contribution in [0.1, 0.15) is 16.8 Å². The number of carboxylic acid groups (broad SMARTS) is 1. The zero-order chi connectivity index (χ0) is 13.7. The summed E-state index contributed by atoms with van der Waals surface area (Å²) < 4.78 is 0. The topological polar surface area (TPSA) is 57.6 Å². The monoisotopic (exact) mass is 299 g/mol. The van der Waals surface area contributed by atoms with Crippen molar-refractivity contribution < 1.29 is 14.7 Å². The first-order valence-electron chi connectivity index (χ1n) is 5.98. The number of carbonyl (C=O) groups excluding carboxylic acids is 1. The first-order valence-corrected chi connectivity index (χ1v) is 6.73. The summed E-state index contributed by atoms with van der Waals surface area (Å²) in [5, 5.41) is 9.94. The van der Waals surface area contributed by atoms with E-state index in [-0.39, 0.29) is 16.8 Å². The summed E-state index contributed by atoms with van der Waals surface area (Å²) in [6.45, 7) is 0.499. The van der Waals surface area contributed by atoms with Crippen molar-refractivity contribution in [3.8, 4) is 0 Å². The Kier molecular flexibility index (Phi) is 2.95. The number of carbonyl (C=O) groups is 2. The van der Waals surface area contributed by atoms with Crippen LogP contribution in [0.25, 0.3) is 0 Å². The average Bonchev–Trinajstić information content (AvgIpc) is 2.98. The van der Waals surface area contributed by atoms with E-state index < -0.39 is 12.0 Å². The predicted molar refractivity (Wildman–Crippen MR) is 70.5 cm³/mol. The van der Waals surface area contributed by atoms with E-state index in [0.717, 1.165) is 6.42 Å². The third-order valence-electron chi connectivity index (χ3n) is 3.83. The van der Waals surface area contributed by atoms with Gasteiger partial charge in [-0.25, -0.2) is 4.79 Å². The number of hydrogen-bond donors (Lipinski definition) is 1. The third kappa shape index (κ3) is 2.09. The lowest BCUT2D eigenvalue weighted by atomic mass is 10.1. The van der Waals surface area contributed by atoms with Gasteiger partial charge in [0.05, 0.1) is 10.6 Å². The van der Waals surface area contributed by atoms with Gasteiger partial charge in [-0.05, 0) is 36.5 Å². The first kappa shape index (κ1) is 12.8. The van der Waals surface area contributed by atoms with Gasteiger partial charge < -0.3 is 10.0 Å². The summed E-state index contributed by atoms with van der Waals surface area (Å²) in [6.07, 6.45) is 0.898. The average molecular weight is 300 g/mol. The maximum atomic E-state index is 12.4. The van der Waals surface area contributed by atoms with Crippen molar-refractivity contribution in [2.45, 2.75) is 12.5 Å². The summed E-state index contributed by atoms with van der Waals surface area (Å²) in [5.41, 5.74) is 0.304. The molecule has 4 nitrogen and oxygen atoms in total. The number of likely N-dealkylation sites (tertiary alicyclic amines) is 1. The van der Waals surface area contributed by atoms with E-state index in [1.807, 2.05) is 0 Å². The Morgan fingerprint density at radius 3 is 2.68 bits per heavy atom. The molecular formula is C13H11Cl2NO3. The fourth-order valence-corrected chi connectivity index (χ4v) is 3.30. The fourth-order valence-electron chi connectivity index (χ4n) is 2.81. The van der Waals surface area contributed by atoms with Crippen LogP contribution in [-0.4, -0.2) is 34.5 Å². The summed E-state index contributed by atoms with van der Waals surface area (Å²) in [5.74, 6) is -0.839. The lowest BCUT2D eigenvalue weighted by Gasteiger charge is -2.24. The Labute approximate surface area is 119 Å². The molecule has 100 valence electrons. The smallest absolute Gasteiger partial charge is 0.326 e. The van der Waals surface area contributed by atoms with Crippen LogP contribution in [0, 0.1) is 11.8 Å². The molecular weight excluding hydrogens is 289 g/mol. The third-order valence-corrected chi connectivity index (χ3v) is 4.37. The molecule has 3 atom stereocenters. The first-order chi connectivity index (χ1) is 8.99. The number of halogens is 2. The van der Waals surface area contributed by atoms with Crippen LogP contribution in [0.4, 0.5) is 0 Å². The van der Waals surface area contributed by atoms with Gasteiger partial charge in [-0.1, -0.05) is 23.2 Å². The van der Waals surface area contributed by atoms with Crippen molar-refractivity contribution in [1.82, 2.24) is 4.90 Å². The van der Waals surface area contributed by atoms with E-state index in [1.165, 1.54) is 17.0 Å². The number of rotatable bonds is 2.